The molecule has 8 heteroatoms. The molecule has 3 aliphatic rings. The van der Waals surface area contributed by atoms with E-state index in [4.69, 9.17) is 9.15 Å². The summed E-state index contributed by atoms with van der Waals surface area (Å²) < 4.78 is 11.7. The summed E-state index contributed by atoms with van der Waals surface area (Å²) in [5.41, 5.74) is 0.131. The van der Waals surface area contributed by atoms with E-state index >= 15 is 0 Å². The molecular weight excluding hydrogens is 370 g/mol. The first kappa shape index (κ1) is 18.6. The summed E-state index contributed by atoms with van der Waals surface area (Å²) in [7, 11) is 0. The Kier molecular flexibility index (Phi) is 4.97. The molecule has 2 aromatic heterocycles. The van der Waals surface area contributed by atoms with E-state index in [9.17, 15) is 4.79 Å². The van der Waals surface area contributed by atoms with Gasteiger partial charge in [0.1, 0.15) is 17.9 Å². The van der Waals surface area contributed by atoms with Crippen LogP contribution in [0.15, 0.2) is 41.4 Å². The second-order valence-electron chi connectivity index (χ2n) is 8.41. The van der Waals surface area contributed by atoms with Crippen molar-refractivity contribution in [1.29, 1.82) is 0 Å². The Hall–Kier alpha value is -2.45. The Morgan fingerprint density at radius 3 is 2.86 bits per heavy atom. The van der Waals surface area contributed by atoms with Gasteiger partial charge >= 0.3 is 0 Å². The molecule has 3 fully saturated rings. The maximum atomic E-state index is 12.6. The minimum Gasteiger partial charge on any atom is -0.468 e. The van der Waals surface area contributed by atoms with E-state index in [1.54, 1.807) is 18.8 Å². The van der Waals surface area contributed by atoms with Crippen molar-refractivity contribution in [2.24, 2.45) is 0 Å². The third-order valence-electron chi connectivity index (χ3n) is 6.44. The first-order chi connectivity index (χ1) is 14.2. The number of furan rings is 1. The minimum absolute atomic E-state index is 0.0600. The van der Waals surface area contributed by atoms with Crippen molar-refractivity contribution in [3.63, 3.8) is 0 Å². The zero-order valence-electron chi connectivity index (χ0n) is 16.5. The van der Waals surface area contributed by atoms with Crippen LogP contribution in [0.25, 0.3) is 0 Å². The highest BCUT2D eigenvalue weighted by Crippen LogP contribution is 2.41. The highest BCUT2D eigenvalue weighted by Gasteiger charge is 2.47. The van der Waals surface area contributed by atoms with Gasteiger partial charge < -0.3 is 19.4 Å². The Morgan fingerprint density at radius 1 is 1.28 bits per heavy atom. The Bertz CT molecular complexity index is 818. The summed E-state index contributed by atoms with van der Waals surface area (Å²) in [4.78, 5) is 25.3. The molecule has 1 spiro atoms. The van der Waals surface area contributed by atoms with Crippen LogP contribution < -0.4 is 10.2 Å². The highest BCUT2D eigenvalue weighted by atomic mass is 16.5. The van der Waals surface area contributed by atoms with E-state index in [0.717, 1.165) is 50.6 Å². The maximum Gasteiger partial charge on any atom is 0.223 e. The van der Waals surface area contributed by atoms with Crippen LogP contribution in [0.3, 0.4) is 0 Å². The third-order valence-corrected chi connectivity index (χ3v) is 6.44. The van der Waals surface area contributed by atoms with Gasteiger partial charge in [0.05, 0.1) is 38.0 Å². The van der Waals surface area contributed by atoms with E-state index in [0.29, 0.717) is 13.0 Å². The smallest absolute Gasteiger partial charge is 0.223 e. The number of ether oxygens (including phenoxy) is 1. The molecular formula is C21H27N5O3. The van der Waals surface area contributed by atoms with Gasteiger partial charge in [0.2, 0.25) is 5.91 Å². The number of carbonyl (C=O) groups is 1. The van der Waals surface area contributed by atoms with Gasteiger partial charge in [-0.2, -0.15) is 0 Å². The number of rotatable bonds is 6. The van der Waals surface area contributed by atoms with Crippen LogP contribution >= 0.6 is 0 Å². The molecule has 0 bridgehead atoms. The van der Waals surface area contributed by atoms with Gasteiger partial charge in [-0.25, -0.2) is 9.97 Å². The van der Waals surface area contributed by atoms with E-state index in [-0.39, 0.29) is 23.6 Å². The van der Waals surface area contributed by atoms with E-state index in [2.05, 4.69) is 25.1 Å². The van der Waals surface area contributed by atoms with Crippen molar-refractivity contribution in [3.8, 4) is 0 Å². The number of aromatic nitrogens is 2. The molecule has 0 radical (unpaired) electrons. The lowest BCUT2D eigenvalue weighted by molar-refractivity contribution is -0.155. The number of carbonyl (C=O) groups excluding carboxylic acids is 1. The van der Waals surface area contributed by atoms with Gasteiger partial charge in [-0.1, -0.05) is 0 Å². The van der Waals surface area contributed by atoms with E-state index in [1.807, 2.05) is 18.2 Å². The monoisotopic (exact) mass is 397 g/mol. The first-order valence-corrected chi connectivity index (χ1v) is 10.4. The lowest BCUT2D eigenvalue weighted by Crippen LogP contribution is -2.63. The fourth-order valence-corrected chi connectivity index (χ4v) is 4.57. The fraction of sp³-hybridized carbons (Fsp3) is 0.571. The number of hydrogen-bond donors (Lipinski definition) is 1. The SMILES string of the molecule is O=C(CC1CN(Cc2ccco2)C2(CCC2)CO1)NC1CN(c2ccncn2)C1. The Morgan fingerprint density at radius 2 is 2.17 bits per heavy atom. The number of hydrogen-bond acceptors (Lipinski definition) is 7. The lowest BCUT2D eigenvalue weighted by atomic mass is 9.74. The molecule has 1 atom stereocenters. The highest BCUT2D eigenvalue weighted by molar-refractivity contribution is 5.77. The van der Waals surface area contributed by atoms with Crippen molar-refractivity contribution < 1.29 is 13.9 Å². The van der Waals surface area contributed by atoms with Crippen molar-refractivity contribution in [3.05, 3.63) is 42.7 Å². The predicted molar refractivity (Wildman–Crippen MR) is 106 cm³/mol. The lowest BCUT2D eigenvalue weighted by Gasteiger charge is -2.54. The van der Waals surface area contributed by atoms with Gasteiger partial charge in [0, 0.05) is 31.4 Å². The number of morpholine rings is 1. The molecule has 2 aromatic rings. The molecule has 29 heavy (non-hydrogen) atoms. The number of amides is 1. The van der Waals surface area contributed by atoms with Crippen molar-refractivity contribution in [2.45, 2.75) is 49.9 Å². The molecule has 4 heterocycles. The summed E-state index contributed by atoms with van der Waals surface area (Å²) in [5.74, 6) is 1.94. The molecule has 2 aliphatic heterocycles. The average Bonchev–Trinajstić information content (AvgIpc) is 3.17. The van der Waals surface area contributed by atoms with Crippen molar-refractivity contribution in [1.82, 2.24) is 20.2 Å². The molecule has 8 nitrogen and oxygen atoms in total. The quantitative estimate of drug-likeness (QED) is 0.792. The zero-order chi connectivity index (χ0) is 19.7. The molecule has 1 amide bonds. The van der Waals surface area contributed by atoms with Crippen LogP contribution in [-0.4, -0.2) is 64.7 Å². The maximum absolute atomic E-state index is 12.6. The molecule has 154 valence electrons. The number of nitrogens with zero attached hydrogens (tertiary/aromatic N) is 4. The van der Waals surface area contributed by atoms with Crippen LogP contribution in [0.5, 0.6) is 0 Å². The summed E-state index contributed by atoms with van der Waals surface area (Å²) in [6, 6.07) is 6.00. The fourth-order valence-electron chi connectivity index (χ4n) is 4.57. The molecule has 1 unspecified atom stereocenters. The van der Waals surface area contributed by atoms with Gasteiger partial charge in [0.15, 0.2) is 0 Å². The third kappa shape index (κ3) is 3.86. The summed E-state index contributed by atoms with van der Waals surface area (Å²) >= 11 is 0. The van der Waals surface area contributed by atoms with E-state index < -0.39 is 0 Å². The van der Waals surface area contributed by atoms with Gasteiger partial charge in [-0.15, -0.1) is 0 Å². The second-order valence-corrected chi connectivity index (χ2v) is 8.41. The summed E-state index contributed by atoms with van der Waals surface area (Å²) in [6.07, 6.45) is 8.89. The summed E-state index contributed by atoms with van der Waals surface area (Å²) in [5, 5.41) is 3.13. The van der Waals surface area contributed by atoms with Crippen LogP contribution in [0.2, 0.25) is 0 Å². The number of nitrogens with one attached hydrogen (secondary N) is 1. The molecule has 1 N–H and O–H groups in total. The normalized spacial score (nSPS) is 24.1. The van der Waals surface area contributed by atoms with E-state index in [1.165, 1.54) is 6.42 Å². The Labute approximate surface area is 170 Å². The van der Waals surface area contributed by atoms with Crippen molar-refractivity contribution >= 4 is 11.7 Å². The predicted octanol–water partition coefficient (Wildman–Crippen LogP) is 1.59. The second kappa shape index (κ2) is 7.76. The minimum atomic E-state index is -0.0748. The average molecular weight is 397 g/mol. The van der Waals surface area contributed by atoms with Crippen LogP contribution in [0.1, 0.15) is 31.4 Å². The first-order valence-electron chi connectivity index (χ1n) is 10.4. The molecule has 0 aromatic carbocycles. The molecule has 1 saturated carbocycles. The molecule has 2 saturated heterocycles. The molecule has 1 aliphatic carbocycles. The molecule has 5 rings (SSSR count). The van der Waals surface area contributed by atoms with Gasteiger partial charge in [-0.05, 0) is 37.5 Å². The topological polar surface area (TPSA) is 83.7 Å². The zero-order valence-corrected chi connectivity index (χ0v) is 16.5. The van der Waals surface area contributed by atoms with Gasteiger partial charge in [-0.3, -0.25) is 9.69 Å². The standard InChI is InChI=1S/C21H27N5O3/c27-20(24-16-10-25(11-16)19-4-7-22-15-23-19)9-18-13-26(12-17-3-1-8-28-17)21(14-29-18)5-2-6-21/h1,3-4,7-8,15-16,18H,2,5-6,9-14H2,(H,24,27). The Balaban J connectivity index is 1.11. The van der Waals surface area contributed by atoms with Crippen molar-refractivity contribution in [2.75, 3.05) is 31.1 Å². The van der Waals surface area contributed by atoms with Gasteiger partial charge in [0.25, 0.3) is 0 Å². The summed E-state index contributed by atoms with van der Waals surface area (Å²) in [6.45, 7) is 3.82. The number of anilines is 1. The van der Waals surface area contributed by atoms with Crippen LogP contribution in [-0.2, 0) is 16.1 Å². The van der Waals surface area contributed by atoms with Crippen LogP contribution in [0, 0.1) is 0 Å². The van der Waals surface area contributed by atoms with Crippen LogP contribution in [0.4, 0.5) is 5.82 Å². The largest absolute Gasteiger partial charge is 0.468 e.